The molecule has 0 unspecified atom stereocenters. The van der Waals surface area contributed by atoms with Crippen molar-refractivity contribution in [3.05, 3.63) is 65.0 Å². The molecule has 25 heavy (non-hydrogen) atoms. The lowest BCUT2D eigenvalue weighted by molar-refractivity contribution is -0.121. The summed E-state index contributed by atoms with van der Waals surface area (Å²) in [5.74, 6) is -0.349. The number of anilines is 1. The Balaban J connectivity index is 1.65. The van der Waals surface area contributed by atoms with E-state index in [-0.39, 0.29) is 11.7 Å². The molecule has 1 fully saturated rings. The van der Waals surface area contributed by atoms with E-state index in [1.54, 1.807) is 6.07 Å². The molecule has 130 valence electrons. The SMILES string of the molecule is O=C(Nc1ccc2c(c1F)CCNC2)C1(c2ccccc2)CCCC1. The zero-order valence-corrected chi connectivity index (χ0v) is 14.3. The Morgan fingerprint density at radius 3 is 2.60 bits per heavy atom. The summed E-state index contributed by atoms with van der Waals surface area (Å²) < 4.78 is 14.9. The van der Waals surface area contributed by atoms with Crippen molar-refractivity contribution in [3.63, 3.8) is 0 Å². The Bertz CT molecular complexity index is 782. The van der Waals surface area contributed by atoms with Crippen molar-refractivity contribution in [1.82, 2.24) is 5.32 Å². The minimum absolute atomic E-state index is 0.0796. The average Bonchev–Trinajstić information content (AvgIpc) is 3.16. The van der Waals surface area contributed by atoms with Crippen LogP contribution in [0.25, 0.3) is 0 Å². The van der Waals surface area contributed by atoms with Gasteiger partial charge in [-0.3, -0.25) is 4.79 Å². The van der Waals surface area contributed by atoms with Crippen LogP contribution in [0.3, 0.4) is 0 Å². The molecule has 2 aromatic rings. The Kier molecular flexibility index (Phi) is 4.30. The molecule has 1 aliphatic heterocycles. The van der Waals surface area contributed by atoms with Crippen LogP contribution in [0.15, 0.2) is 42.5 Å². The molecule has 0 spiro atoms. The Hall–Kier alpha value is -2.20. The molecule has 4 heteroatoms. The lowest BCUT2D eigenvalue weighted by Crippen LogP contribution is -2.38. The molecule has 0 atom stereocenters. The van der Waals surface area contributed by atoms with Gasteiger partial charge in [-0.15, -0.1) is 0 Å². The number of carbonyl (C=O) groups excluding carboxylic acids is 1. The highest BCUT2D eigenvalue weighted by molar-refractivity contribution is 5.99. The normalized spacial score (nSPS) is 18.6. The summed E-state index contributed by atoms with van der Waals surface area (Å²) in [6, 6.07) is 13.5. The first-order valence-electron chi connectivity index (χ1n) is 9.09. The van der Waals surface area contributed by atoms with Gasteiger partial charge in [0.05, 0.1) is 11.1 Å². The van der Waals surface area contributed by atoms with Gasteiger partial charge in [0, 0.05) is 6.54 Å². The number of fused-ring (bicyclic) bond motifs is 1. The molecule has 3 nitrogen and oxygen atoms in total. The molecule has 1 aliphatic carbocycles. The molecule has 2 aromatic carbocycles. The number of halogens is 1. The zero-order valence-electron chi connectivity index (χ0n) is 14.3. The van der Waals surface area contributed by atoms with E-state index in [0.29, 0.717) is 18.7 Å². The second-order valence-electron chi connectivity index (χ2n) is 7.10. The van der Waals surface area contributed by atoms with Crippen LogP contribution in [0.4, 0.5) is 10.1 Å². The number of hydrogen-bond donors (Lipinski definition) is 2. The van der Waals surface area contributed by atoms with E-state index in [2.05, 4.69) is 10.6 Å². The highest BCUT2D eigenvalue weighted by Gasteiger charge is 2.42. The molecular formula is C21H23FN2O. The molecule has 1 amide bonds. The predicted molar refractivity (Wildman–Crippen MR) is 97.0 cm³/mol. The van der Waals surface area contributed by atoms with Crippen molar-refractivity contribution in [2.75, 3.05) is 11.9 Å². The molecule has 2 N–H and O–H groups in total. The van der Waals surface area contributed by atoms with Gasteiger partial charge in [-0.05, 0) is 48.6 Å². The second-order valence-corrected chi connectivity index (χ2v) is 7.10. The number of benzene rings is 2. The number of amides is 1. The van der Waals surface area contributed by atoms with Crippen LogP contribution in [-0.4, -0.2) is 12.5 Å². The van der Waals surface area contributed by atoms with Crippen molar-refractivity contribution in [2.45, 2.75) is 44.1 Å². The van der Waals surface area contributed by atoms with Gasteiger partial charge in [-0.25, -0.2) is 4.39 Å². The van der Waals surface area contributed by atoms with Crippen LogP contribution in [0, 0.1) is 5.82 Å². The van der Waals surface area contributed by atoms with Gasteiger partial charge in [0.25, 0.3) is 0 Å². The van der Waals surface area contributed by atoms with E-state index >= 15 is 0 Å². The molecule has 2 aliphatic rings. The first-order valence-corrected chi connectivity index (χ1v) is 9.09. The maximum Gasteiger partial charge on any atom is 0.235 e. The van der Waals surface area contributed by atoms with Crippen molar-refractivity contribution >= 4 is 11.6 Å². The fourth-order valence-corrected chi connectivity index (χ4v) is 4.25. The molecule has 0 radical (unpaired) electrons. The minimum Gasteiger partial charge on any atom is -0.323 e. The first kappa shape index (κ1) is 16.3. The number of carbonyl (C=O) groups is 1. The van der Waals surface area contributed by atoms with Crippen LogP contribution >= 0.6 is 0 Å². The Morgan fingerprint density at radius 1 is 1.08 bits per heavy atom. The maximum atomic E-state index is 14.9. The second kappa shape index (κ2) is 6.60. The Labute approximate surface area is 147 Å². The fraction of sp³-hybridized carbons (Fsp3) is 0.381. The molecule has 1 heterocycles. The predicted octanol–water partition coefficient (Wildman–Crippen LogP) is 3.92. The van der Waals surface area contributed by atoms with Gasteiger partial charge >= 0.3 is 0 Å². The van der Waals surface area contributed by atoms with Crippen LogP contribution in [0.2, 0.25) is 0 Å². The van der Waals surface area contributed by atoms with Crippen molar-refractivity contribution < 1.29 is 9.18 Å². The molecule has 4 rings (SSSR count). The van der Waals surface area contributed by atoms with Gasteiger partial charge in [0.1, 0.15) is 5.82 Å². The van der Waals surface area contributed by atoms with E-state index in [1.807, 2.05) is 36.4 Å². The number of nitrogens with one attached hydrogen (secondary N) is 2. The quantitative estimate of drug-likeness (QED) is 0.890. The Morgan fingerprint density at radius 2 is 1.84 bits per heavy atom. The zero-order chi connectivity index (χ0) is 17.3. The summed E-state index contributed by atoms with van der Waals surface area (Å²) in [5, 5.41) is 6.15. The highest BCUT2D eigenvalue weighted by Crippen LogP contribution is 2.42. The number of hydrogen-bond acceptors (Lipinski definition) is 2. The number of rotatable bonds is 3. The van der Waals surface area contributed by atoms with Crippen LogP contribution in [-0.2, 0) is 23.2 Å². The van der Waals surface area contributed by atoms with E-state index in [4.69, 9.17) is 0 Å². The molecule has 0 saturated heterocycles. The van der Waals surface area contributed by atoms with Crippen LogP contribution in [0.5, 0.6) is 0 Å². The summed E-state index contributed by atoms with van der Waals surface area (Å²) in [7, 11) is 0. The van der Waals surface area contributed by atoms with Gasteiger partial charge in [0.15, 0.2) is 0 Å². The van der Waals surface area contributed by atoms with E-state index in [0.717, 1.165) is 48.9 Å². The van der Waals surface area contributed by atoms with Gasteiger partial charge in [-0.1, -0.05) is 49.2 Å². The smallest absolute Gasteiger partial charge is 0.235 e. The summed E-state index contributed by atoms with van der Waals surface area (Å²) in [4.78, 5) is 13.2. The monoisotopic (exact) mass is 338 g/mol. The summed E-state index contributed by atoms with van der Waals surface area (Å²) in [5.41, 5.74) is 2.53. The summed E-state index contributed by atoms with van der Waals surface area (Å²) >= 11 is 0. The minimum atomic E-state index is -0.537. The van der Waals surface area contributed by atoms with Crippen molar-refractivity contribution in [1.29, 1.82) is 0 Å². The van der Waals surface area contributed by atoms with Gasteiger partial charge < -0.3 is 10.6 Å². The average molecular weight is 338 g/mol. The van der Waals surface area contributed by atoms with Crippen LogP contribution < -0.4 is 10.6 Å². The van der Waals surface area contributed by atoms with E-state index in [9.17, 15) is 9.18 Å². The van der Waals surface area contributed by atoms with Gasteiger partial charge in [-0.2, -0.15) is 0 Å². The fourth-order valence-electron chi connectivity index (χ4n) is 4.25. The molecule has 0 aromatic heterocycles. The lowest BCUT2D eigenvalue weighted by atomic mass is 9.78. The first-order chi connectivity index (χ1) is 12.2. The third kappa shape index (κ3) is 2.85. The standard InChI is InChI=1S/C21H23FN2O/c22-19-17-10-13-23-14-15(17)8-9-18(19)24-20(25)21(11-4-5-12-21)16-6-2-1-3-7-16/h1-3,6-9,23H,4-5,10-14H2,(H,24,25). The summed E-state index contributed by atoms with van der Waals surface area (Å²) in [6.45, 7) is 1.46. The third-order valence-electron chi connectivity index (χ3n) is 5.67. The maximum absolute atomic E-state index is 14.9. The summed E-state index contributed by atoms with van der Waals surface area (Å²) in [6.07, 6.45) is 4.36. The van der Waals surface area contributed by atoms with Crippen molar-refractivity contribution in [2.24, 2.45) is 0 Å². The highest BCUT2D eigenvalue weighted by atomic mass is 19.1. The van der Waals surface area contributed by atoms with Gasteiger partial charge in [0.2, 0.25) is 5.91 Å². The lowest BCUT2D eigenvalue weighted by Gasteiger charge is -2.29. The van der Waals surface area contributed by atoms with E-state index < -0.39 is 5.41 Å². The molecular weight excluding hydrogens is 315 g/mol. The van der Waals surface area contributed by atoms with E-state index in [1.165, 1.54) is 0 Å². The molecule has 0 bridgehead atoms. The topological polar surface area (TPSA) is 41.1 Å². The largest absolute Gasteiger partial charge is 0.323 e. The molecule has 1 saturated carbocycles. The van der Waals surface area contributed by atoms with Crippen molar-refractivity contribution in [3.8, 4) is 0 Å². The third-order valence-corrected chi connectivity index (χ3v) is 5.67. The van der Waals surface area contributed by atoms with Crippen LogP contribution in [0.1, 0.15) is 42.4 Å².